The summed E-state index contributed by atoms with van der Waals surface area (Å²) in [5.41, 5.74) is 0.563. The highest BCUT2D eigenvalue weighted by Gasteiger charge is 2.12. The highest BCUT2D eigenvalue weighted by molar-refractivity contribution is 9.09. The topological polar surface area (TPSA) is 38.3 Å². The van der Waals surface area contributed by atoms with Gasteiger partial charge in [-0.2, -0.15) is 0 Å². The van der Waals surface area contributed by atoms with E-state index >= 15 is 0 Å². The molecule has 0 radical (unpaired) electrons. The summed E-state index contributed by atoms with van der Waals surface area (Å²) in [6.45, 7) is 1.93. The Morgan fingerprint density at radius 3 is 2.80 bits per heavy atom. The van der Waals surface area contributed by atoms with E-state index in [1.807, 2.05) is 19.1 Å². The number of nitrogens with one attached hydrogen (secondary N) is 1. The van der Waals surface area contributed by atoms with Crippen molar-refractivity contribution >= 4 is 21.8 Å². The Balaban J connectivity index is 2.81. The molecule has 1 aromatic carbocycles. The molecule has 3 nitrogen and oxygen atoms in total. The summed E-state index contributed by atoms with van der Waals surface area (Å²) in [6, 6.07) is 7.27. The van der Waals surface area contributed by atoms with Crippen LogP contribution in [-0.2, 0) is 0 Å². The number of carbonyl (C=O) groups is 1. The van der Waals surface area contributed by atoms with Gasteiger partial charge in [0.05, 0.1) is 12.7 Å². The second-order valence-corrected chi connectivity index (χ2v) is 3.88. The van der Waals surface area contributed by atoms with Gasteiger partial charge in [-0.1, -0.05) is 28.1 Å². The second kappa shape index (κ2) is 5.75. The molecule has 0 heterocycles. The maximum Gasteiger partial charge on any atom is 0.255 e. The molecule has 1 unspecified atom stereocenters. The summed E-state index contributed by atoms with van der Waals surface area (Å²) in [7, 11) is 1.56. The SMILES string of the molecule is COc1ccccc1C(=O)NC(C)CBr. The van der Waals surface area contributed by atoms with Gasteiger partial charge in [0.1, 0.15) is 5.75 Å². The zero-order valence-corrected chi connectivity index (χ0v) is 10.4. The Morgan fingerprint density at radius 2 is 2.20 bits per heavy atom. The second-order valence-electron chi connectivity index (χ2n) is 3.23. The Labute approximate surface area is 97.9 Å². The molecule has 0 aromatic heterocycles. The molecule has 0 spiro atoms. The molecule has 1 amide bonds. The lowest BCUT2D eigenvalue weighted by Crippen LogP contribution is -2.33. The smallest absolute Gasteiger partial charge is 0.255 e. The maximum absolute atomic E-state index is 11.8. The van der Waals surface area contributed by atoms with Crippen LogP contribution in [0.2, 0.25) is 0 Å². The third kappa shape index (κ3) is 3.23. The monoisotopic (exact) mass is 271 g/mol. The van der Waals surface area contributed by atoms with E-state index in [0.29, 0.717) is 11.3 Å². The molecule has 0 bridgehead atoms. The van der Waals surface area contributed by atoms with Gasteiger partial charge in [-0.15, -0.1) is 0 Å². The van der Waals surface area contributed by atoms with E-state index in [0.717, 1.165) is 5.33 Å². The van der Waals surface area contributed by atoms with Gasteiger partial charge in [0.25, 0.3) is 5.91 Å². The van der Waals surface area contributed by atoms with Gasteiger partial charge in [0.2, 0.25) is 0 Å². The van der Waals surface area contributed by atoms with Crippen LogP contribution in [0.4, 0.5) is 0 Å². The first-order chi connectivity index (χ1) is 7.19. The first-order valence-corrected chi connectivity index (χ1v) is 5.81. The zero-order valence-electron chi connectivity index (χ0n) is 8.79. The summed E-state index contributed by atoms with van der Waals surface area (Å²) in [5.74, 6) is 0.483. The van der Waals surface area contributed by atoms with Crippen molar-refractivity contribution in [2.45, 2.75) is 13.0 Å². The summed E-state index contributed by atoms with van der Waals surface area (Å²) < 4.78 is 5.11. The van der Waals surface area contributed by atoms with Crippen molar-refractivity contribution in [2.75, 3.05) is 12.4 Å². The van der Waals surface area contributed by atoms with Crippen molar-refractivity contribution in [1.29, 1.82) is 0 Å². The molecule has 1 N–H and O–H groups in total. The Bertz CT molecular complexity index is 341. The first-order valence-electron chi connectivity index (χ1n) is 4.69. The van der Waals surface area contributed by atoms with Gasteiger partial charge >= 0.3 is 0 Å². The van der Waals surface area contributed by atoms with E-state index in [1.165, 1.54) is 0 Å². The molecule has 1 atom stereocenters. The molecule has 0 saturated heterocycles. The minimum atomic E-state index is -0.112. The molecule has 4 heteroatoms. The van der Waals surface area contributed by atoms with Crippen LogP contribution in [0.3, 0.4) is 0 Å². The third-order valence-corrected chi connectivity index (χ3v) is 2.93. The van der Waals surface area contributed by atoms with Crippen molar-refractivity contribution < 1.29 is 9.53 Å². The summed E-state index contributed by atoms with van der Waals surface area (Å²) in [6.07, 6.45) is 0. The van der Waals surface area contributed by atoms with Crippen LogP contribution in [0.15, 0.2) is 24.3 Å². The fraction of sp³-hybridized carbons (Fsp3) is 0.364. The molecule has 0 aliphatic carbocycles. The van der Waals surface area contributed by atoms with Crippen LogP contribution in [0.5, 0.6) is 5.75 Å². The number of halogens is 1. The largest absolute Gasteiger partial charge is 0.496 e. The average Bonchev–Trinajstić information content (AvgIpc) is 2.28. The number of hydrogen-bond donors (Lipinski definition) is 1. The number of para-hydroxylation sites is 1. The average molecular weight is 272 g/mol. The number of ether oxygens (including phenoxy) is 1. The fourth-order valence-electron chi connectivity index (χ4n) is 1.17. The third-order valence-electron chi connectivity index (χ3n) is 1.96. The highest BCUT2D eigenvalue weighted by atomic mass is 79.9. The van der Waals surface area contributed by atoms with Crippen LogP contribution < -0.4 is 10.1 Å². The summed E-state index contributed by atoms with van der Waals surface area (Å²) in [4.78, 5) is 11.8. The van der Waals surface area contributed by atoms with Crippen molar-refractivity contribution in [2.24, 2.45) is 0 Å². The lowest BCUT2D eigenvalue weighted by Gasteiger charge is -2.12. The summed E-state index contributed by atoms with van der Waals surface area (Å²) in [5, 5.41) is 3.58. The van der Waals surface area contributed by atoms with Crippen LogP contribution >= 0.6 is 15.9 Å². The fourth-order valence-corrected chi connectivity index (χ4v) is 1.33. The van der Waals surface area contributed by atoms with Crippen LogP contribution in [0.25, 0.3) is 0 Å². The first kappa shape index (κ1) is 12.0. The number of methoxy groups -OCH3 is 1. The minimum Gasteiger partial charge on any atom is -0.496 e. The van der Waals surface area contributed by atoms with Crippen molar-refractivity contribution in [3.05, 3.63) is 29.8 Å². The van der Waals surface area contributed by atoms with Crippen LogP contribution in [-0.4, -0.2) is 24.4 Å². The molecule has 0 aliphatic heterocycles. The number of rotatable bonds is 4. The van der Waals surface area contributed by atoms with E-state index in [2.05, 4.69) is 21.2 Å². The predicted octanol–water partition coefficient (Wildman–Crippen LogP) is 2.21. The zero-order chi connectivity index (χ0) is 11.3. The van der Waals surface area contributed by atoms with Crippen LogP contribution in [0.1, 0.15) is 17.3 Å². The Kier molecular flexibility index (Phi) is 4.62. The molecular weight excluding hydrogens is 258 g/mol. The van der Waals surface area contributed by atoms with E-state index in [9.17, 15) is 4.79 Å². The van der Waals surface area contributed by atoms with Gasteiger partial charge in [-0.25, -0.2) is 0 Å². The number of benzene rings is 1. The standard InChI is InChI=1S/C11H14BrNO2/c1-8(7-12)13-11(14)9-5-3-4-6-10(9)15-2/h3-6,8H,7H2,1-2H3,(H,13,14). The molecular formula is C11H14BrNO2. The van der Waals surface area contributed by atoms with Crippen molar-refractivity contribution in [1.82, 2.24) is 5.32 Å². The lowest BCUT2D eigenvalue weighted by molar-refractivity contribution is 0.0941. The molecule has 82 valence electrons. The van der Waals surface area contributed by atoms with Gasteiger partial charge in [0.15, 0.2) is 0 Å². The number of hydrogen-bond acceptors (Lipinski definition) is 2. The van der Waals surface area contributed by atoms with E-state index in [-0.39, 0.29) is 11.9 Å². The number of alkyl halides is 1. The summed E-state index contributed by atoms with van der Waals surface area (Å²) >= 11 is 3.31. The molecule has 1 rings (SSSR count). The molecule has 0 saturated carbocycles. The molecule has 1 aromatic rings. The molecule has 15 heavy (non-hydrogen) atoms. The molecule has 0 fully saturated rings. The number of amides is 1. The minimum absolute atomic E-state index is 0.0995. The molecule has 0 aliphatic rings. The van der Waals surface area contributed by atoms with E-state index < -0.39 is 0 Å². The maximum atomic E-state index is 11.8. The van der Waals surface area contributed by atoms with E-state index in [1.54, 1.807) is 19.2 Å². The van der Waals surface area contributed by atoms with Gasteiger partial charge < -0.3 is 10.1 Å². The Morgan fingerprint density at radius 1 is 1.53 bits per heavy atom. The predicted molar refractivity (Wildman–Crippen MR) is 63.7 cm³/mol. The normalized spacial score (nSPS) is 11.9. The number of carbonyl (C=O) groups excluding carboxylic acids is 1. The van der Waals surface area contributed by atoms with Crippen molar-refractivity contribution in [3.63, 3.8) is 0 Å². The van der Waals surface area contributed by atoms with Crippen molar-refractivity contribution in [3.8, 4) is 5.75 Å². The van der Waals surface area contributed by atoms with Gasteiger partial charge in [0, 0.05) is 11.4 Å². The Hall–Kier alpha value is -1.03. The van der Waals surface area contributed by atoms with E-state index in [4.69, 9.17) is 4.74 Å². The van der Waals surface area contributed by atoms with Gasteiger partial charge in [-0.05, 0) is 19.1 Å². The highest BCUT2D eigenvalue weighted by Crippen LogP contribution is 2.16. The quantitative estimate of drug-likeness (QED) is 0.853. The lowest BCUT2D eigenvalue weighted by atomic mass is 10.2. The van der Waals surface area contributed by atoms with Crippen LogP contribution in [0, 0.1) is 0 Å². The van der Waals surface area contributed by atoms with Gasteiger partial charge in [-0.3, -0.25) is 4.79 Å².